The summed E-state index contributed by atoms with van der Waals surface area (Å²) >= 11 is 0. The number of aliphatic hydroxyl groups is 1. The molecular formula is C6H11FO. The monoisotopic (exact) mass is 117 g/mol. The molecule has 0 aromatic carbocycles. The molecule has 1 N–H and O–H groups in total. The van der Waals surface area contributed by atoms with Crippen molar-refractivity contribution in [1.29, 1.82) is 0 Å². The Kier molecular flexibility index (Phi) is 1.84. The summed E-state index contributed by atoms with van der Waals surface area (Å²) in [4.78, 5) is 0. The third kappa shape index (κ3) is 1.19. The van der Waals surface area contributed by atoms with Gasteiger partial charge < -0.3 is 5.11 Å². The summed E-state index contributed by atoms with van der Waals surface area (Å²) in [5.41, 5.74) is 0. The smallest absolute Gasteiger partial charge is 0.126 e. The summed E-state index contributed by atoms with van der Waals surface area (Å²) in [6.45, 7) is 0. The molecule has 48 valence electrons. The number of rotatable bonds is 0. The lowest BCUT2D eigenvalue weighted by Gasteiger charge is -2.20. The van der Waals surface area contributed by atoms with Crippen LogP contribution in [0, 0.1) is 0 Å². The van der Waals surface area contributed by atoms with Crippen LogP contribution < -0.4 is 0 Å². The Morgan fingerprint density at radius 2 is 1.88 bits per heavy atom. The van der Waals surface area contributed by atoms with Gasteiger partial charge in [-0.05, 0) is 12.8 Å². The van der Waals surface area contributed by atoms with Crippen molar-refractivity contribution in [2.24, 2.45) is 0 Å². The topological polar surface area (TPSA) is 20.2 Å². The predicted molar refractivity (Wildman–Crippen MR) is 29.4 cm³/mol. The van der Waals surface area contributed by atoms with E-state index in [0.29, 0.717) is 12.8 Å². The van der Waals surface area contributed by atoms with E-state index < -0.39 is 12.3 Å². The van der Waals surface area contributed by atoms with Crippen LogP contribution in [-0.4, -0.2) is 17.4 Å². The molecule has 1 nitrogen and oxygen atoms in total. The molecule has 2 atom stereocenters. The van der Waals surface area contributed by atoms with E-state index in [0.717, 1.165) is 12.8 Å². The highest BCUT2D eigenvalue weighted by atomic mass is 18.2. The molecule has 1 rings (SSSR count). The molecule has 1 aliphatic rings. The molecule has 0 saturated heterocycles. The molecule has 0 aromatic rings. The van der Waals surface area contributed by atoms with Crippen LogP contribution in [-0.2, 0) is 0 Å². The summed E-state index contributed by atoms with van der Waals surface area (Å²) in [7, 11) is 0. The first-order valence-corrected chi connectivity index (χ1v) is 3.13. The second-order valence-corrected chi connectivity index (χ2v) is 2.37. The highest BCUT2D eigenvalue weighted by Crippen LogP contribution is 2.20. The Morgan fingerprint density at radius 3 is 2.25 bits per heavy atom. The van der Waals surface area contributed by atoms with Crippen LogP contribution in [0.1, 0.15) is 25.7 Å². The van der Waals surface area contributed by atoms with E-state index >= 15 is 0 Å². The molecule has 0 bridgehead atoms. The summed E-state index contributed by atoms with van der Waals surface area (Å²) in [5.74, 6) is 0. The zero-order valence-corrected chi connectivity index (χ0v) is 4.81. The molecule has 0 spiro atoms. The first kappa shape index (κ1) is 6.02. The molecule has 0 unspecified atom stereocenters. The van der Waals surface area contributed by atoms with Crippen molar-refractivity contribution < 1.29 is 9.50 Å². The summed E-state index contributed by atoms with van der Waals surface area (Å²) in [6, 6.07) is 0. The van der Waals surface area contributed by atoms with E-state index in [1.54, 1.807) is 0 Å². The van der Waals surface area contributed by atoms with Gasteiger partial charge >= 0.3 is 0 Å². The molecule has 0 heterocycles. The Bertz CT molecular complexity index is 64.9. The number of halogens is 1. The third-order valence-electron chi connectivity index (χ3n) is 1.65. The second kappa shape index (κ2) is 2.44. The van der Waals surface area contributed by atoms with Crippen LogP contribution in [0.25, 0.3) is 0 Å². The van der Waals surface area contributed by atoms with E-state index in [-0.39, 0.29) is 0 Å². The van der Waals surface area contributed by atoms with Gasteiger partial charge in [-0.1, -0.05) is 12.8 Å². The van der Waals surface area contributed by atoms with Gasteiger partial charge in [0.2, 0.25) is 0 Å². The highest BCUT2D eigenvalue weighted by molar-refractivity contribution is 4.72. The Labute approximate surface area is 48.5 Å². The number of alkyl halides is 1. The SMILES string of the molecule is O[C@H]1CCCC[C@@H]1[18F]. The Hall–Kier alpha value is -0.110. The van der Waals surface area contributed by atoms with Crippen LogP contribution in [0.4, 0.5) is 4.39 Å². The van der Waals surface area contributed by atoms with Crippen LogP contribution in [0.15, 0.2) is 0 Å². The fraction of sp³-hybridized carbons (Fsp3) is 1.00. The highest BCUT2D eigenvalue weighted by Gasteiger charge is 2.21. The first-order chi connectivity index (χ1) is 3.80. The van der Waals surface area contributed by atoms with Gasteiger partial charge in [0.25, 0.3) is 0 Å². The summed E-state index contributed by atoms with van der Waals surface area (Å²) < 4.78 is 12.3. The standard InChI is InChI=1S/C6H11FO/c7-5-3-1-2-4-6(5)8/h5-6,8H,1-4H2/t5-,6-/m0/s1/i7-1. The maximum atomic E-state index is 12.3. The lowest BCUT2D eigenvalue weighted by atomic mass is 9.96. The molecule has 1 aliphatic carbocycles. The van der Waals surface area contributed by atoms with Gasteiger partial charge in [-0.25, -0.2) is 4.39 Å². The van der Waals surface area contributed by atoms with Crippen molar-refractivity contribution in [3.8, 4) is 0 Å². The van der Waals surface area contributed by atoms with Crippen molar-refractivity contribution in [2.75, 3.05) is 0 Å². The van der Waals surface area contributed by atoms with Crippen LogP contribution in [0.3, 0.4) is 0 Å². The Balaban J connectivity index is 2.28. The molecular weight excluding hydrogens is 106 g/mol. The van der Waals surface area contributed by atoms with Crippen LogP contribution in [0.5, 0.6) is 0 Å². The fourth-order valence-electron chi connectivity index (χ4n) is 1.07. The van der Waals surface area contributed by atoms with Gasteiger partial charge in [0.05, 0.1) is 6.10 Å². The maximum Gasteiger partial charge on any atom is 0.126 e. The van der Waals surface area contributed by atoms with Crippen molar-refractivity contribution >= 4 is 0 Å². The normalized spacial score (nSPS) is 39.8. The quantitative estimate of drug-likeness (QED) is 0.506. The molecule has 0 aliphatic heterocycles. The fourth-order valence-corrected chi connectivity index (χ4v) is 1.07. The molecule has 1 saturated carbocycles. The second-order valence-electron chi connectivity index (χ2n) is 2.37. The van der Waals surface area contributed by atoms with Crippen LogP contribution in [0.2, 0.25) is 0 Å². The van der Waals surface area contributed by atoms with E-state index in [2.05, 4.69) is 0 Å². The average Bonchev–Trinajstić information content (AvgIpc) is 1.77. The summed E-state index contributed by atoms with van der Waals surface area (Å²) in [6.07, 6.45) is 1.54. The van der Waals surface area contributed by atoms with Crippen molar-refractivity contribution in [1.82, 2.24) is 0 Å². The average molecular weight is 117 g/mol. The lowest BCUT2D eigenvalue weighted by Crippen LogP contribution is -2.25. The largest absolute Gasteiger partial charge is 0.390 e. The van der Waals surface area contributed by atoms with Gasteiger partial charge in [-0.3, -0.25) is 0 Å². The number of aliphatic hydroxyl groups excluding tert-OH is 1. The molecule has 0 radical (unpaired) electrons. The van der Waals surface area contributed by atoms with Gasteiger partial charge in [0.15, 0.2) is 0 Å². The number of hydrogen-bond acceptors (Lipinski definition) is 1. The molecule has 0 aromatic heterocycles. The van der Waals surface area contributed by atoms with Crippen molar-refractivity contribution in [2.45, 2.75) is 38.0 Å². The van der Waals surface area contributed by atoms with Crippen molar-refractivity contribution in [3.63, 3.8) is 0 Å². The molecule has 2 heteroatoms. The van der Waals surface area contributed by atoms with E-state index in [4.69, 9.17) is 5.11 Å². The third-order valence-corrected chi connectivity index (χ3v) is 1.65. The van der Waals surface area contributed by atoms with Crippen molar-refractivity contribution in [3.05, 3.63) is 0 Å². The molecule has 0 amide bonds. The summed E-state index contributed by atoms with van der Waals surface area (Å²) in [5, 5.41) is 8.80. The zero-order chi connectivity index (χ0) is 5.98. The molecule has 1 fully saturated rings. The number of hydrogen-bond donors (Lipinski definition) is 1. The zero-order valence-electron chi connectivity index (χ0n) is 4.81. The van der Waals surface area contributed by atoms with E-state index in [1.165, 1.54) is 0 Å². The Morgan fingerprint density at radius 1 is 1.25 bits per heavy atom. The van der Waals surface area contributed by atoms with Gasteiger partial charge in [-0.2, -0.15) is 0 Å². The first-order valence-electron chi connectivity index (χ1n) is 3.13. The maximum absolute atomic E-state index is 12.3. The van der Waals surface area contributed by atoms with Gasteiger partial charge in [0, 0.05) is 0 Å². The van der Waals surface area contributed by atoms with Gasteiger partial charge in [0.1, 0.15) is 6.17 Å². The minimum atomic E-state index is -0.941. The minimum absolute atomic E-state index is 0.557. The predicted octanol–water partition coefficient (Wildman–Crippen LogP) is 1.26. The van der Waals surface area contributed by atoms with E-state index in [9.17, 15) is 4.39 Å². The molecule has 8 heavy (non-hydrogen) atoms. The lowest BCUT2D eigenvalue weighted by molar-refractivity contribution is 0.0442. The van der Waals surface area contributed by atoms with Crippen LogP contribution >= 0.6 is 0 Å². The van der Waals surface area contributed by atoms with Gasteiger partial charge in [-0.15, -0.1) is 0 Å². The van der Waals surface area contributed by atoms with E-state index in [1.807, 2.05) is 0 Å². The minimum Gasteiger partial charge on any atom is -0.390 e.